The van der Waals surface area contributed by atoms with Gasteiger partial charge in [0.05, 0.1) is 5.51 Å². The second-order valence-corrected chi connectivity index (χ2v) is 7.55. The van der Waals surface area contributed by atoms with Gasteiger partial charge in [0.25, 0.3) is 5.91 Å². The van der Waals surface area contributed by atoms with Crippen molar-refractivity contribution < 1.29 is 4.79 Å². The number of carbonyl (C=O) groups is 1. The number of aromatic nitrogens is 1. The van der Waals surface area contributed by atoms with Gasteiger partial charge in [0.1, 0.15) is 5.69 Å². The molecule has 1 aromatic rings. The summed E-state index contributed by atoms with van der Waals surface area (Å²) in [5.41, 5.74) is 2.72. The lowest BCUT2D eigenvalue weighted by Gasteiger charge is -2.48. The van der Waals surface area contributed by atoms with Crippen molar-refractivity contribution in [1.82, 2.24) is 14.8 Å². The SMILES string of the molecule is CC(C)N1CCC2(CCCN(C(=O)c3cscn3)C2)CC1. The smallest absolute Gasteiger partial charge is 0.273 e. The lowest BCUT2D eigenvalue weighted by Crippen LogP contribution is -2.52. The van der Waals surface area contributed by atoms with E-state index in [4.69, 9.17) is 0 Å². The van der Waals surface area contributed by atoms with Crippen LogP contribution < -0.4 is 0 Å². The minimum atomic E-state index is 0.126. The van der Waals surface area contributed by atoms with Gasteiger partial charge < -0.3 is 9.80 Å². The van der Waals surface area contributed by atoms with Gasteiger partial charge >= 0.3 is 0 Å². The molecule has 2 aliphatic rings. The first kappa shape index (κ1) is 15.0. The minimum Gasteiger partial charge on any atom is -0.337 e. The summed E-state index contributed by atoms with van der Waals surface area (Å²) >= 11 is 1.50. The normalized spacial score (nSPS) is 22.9. The van der Waals surface area contributed by atoms with Crippen LogP contribution >= 0.6 is 11.3 Å². The van der Waals surface area contributed by atoms with Crippen molar-refractivity contribution in [1.29, 1.82) is 0 Å². The van der Waals surface area contributed by atoms with Crippen LogP contribution in [0.4, 0.5) is 0 Å². The predicted molar refractivity (Wildman–Crippen MR) is 85.6 cm³/mol. The summed E-state index contributed by atoms with van der Waals surface area (Å²) in [6.07, 6.45) is 4.87. The number of rotatable bonds is 2. The Balaban J connectivity index is 1.65. The molecule has 0 aromatic carbocycles. The Kier molecular flexibility index (Phi) is 4.31. The van der Waals surface area contributed by atoms with Gasteiger partial charge in [-0.25, -0.2) is 4.98 Å². The van der Waals surface area contributed by atoms with Crippen LogP contribution in [-0.2, 0) is 0 Å². The molecular formula is C16H25N3OS. The van der Waals surface area contributed by atoms with Crippen molar-refractivity contribution in [2.45, 2.75) is 45.6 Å². The summed E-state index contributed by atoms with van der Waals surface area (Å²) < 4.78 is 0. The lowest BCUT2D eigenvalue weighted by atomic mass is 9.72. The third-order valence-corrected chi connectivity index (χ3v) is 5.78. The first-order valence-electron chi connectivity index (χ1n) is 8.01. The summed E-state index contributed by atoms with van der Waals surface area (Å²) in [6, 6.07) is 0.638. The molecule has 0 atom stereocenters. The Labute approximate surface area is 131 Å². The highest BCUT2D eigenvalue weighted by Gasteiger charge is 2.40. The monoisotopic (exact) mass is 307 g/mol. The maximum absolute atomic E-state index is 12.5. The summed E-state index contributed by atoms with van der Waals surface area (Å²) in [5.74, 6) is 0.126. The lowest BCUT2D eigenvalue weighted by molar-refractivity contribution is 0.0147. The number of nitrogens with zero attached hydrogens (tertiary/aromatic N) is 3. The quantitative estimate of drug-likeness (QED) is 0.843. The number of thiazole rings is 1. The summed E-state index contributed by atoms with van der Waals surface area (Å²) in [6.45, 7) is 8.72. The van der Waals surface area contributed by atoms with Gasteiger partial charge in [-0.15, -0.1) is 11.3 Å². The minimum absolute atomic E-state index is 0.126. The van der Waals surface area contributed by atoms with E-state index >= 15 is 0 Å². The van der Waals surface area contributed by atoms with Gasteiger partial charge in [-0.2, -0.15) is 0 Å². The summed E-state index contributed by atoms with van der Waals surface area (Å²) in [5, 5.41) is 1.87. The number of carbonyl (C=O) groups excluding carboxylic acids is 1. The summed E-state index contributed by atoms with van der Waals surface area (Å²) in [4.78, 5) is 21.3. The van der Waals surface area contributed by atoms with Crippen LogP contribution in [0.15, 0.2) is 10.9 Å². The third-order valence-electron chi connectivity index (χ3n) is 5.19. The van der Waals surface area contributed by atoms with Crippen molar-refractivity contribution in [2.24, 2.45) is 5.41 Å². The molecule has 0 N–H and O–H groups in total. The van der Waals surface area contributed by atoms with E-state index in [1.165, 1.54) is 43.7 Å². The molecule has 5 heteroatoms. The van der Waals surface area contributed by atoms with Gasteiger partial charge in [-0.3, -0.25) is 4.79 Å². The predicted octanol–water partition coefficient (Wildman–Crippen LogP) is 2.87. The first-order chi connectivity index (χ1) is 10.1. The Bertz CT molecular complexity index is 478. The van der Waals surface area contributed by atoms with Crippen LogP contribution in [0.2, 0.25) is 0 Å². The topological polar surface area (TPSA) is 36.4 Å². The van der Waals surface area contributed by atoms with Crippen molar-refractivity contribution >= 4 is 17.2 Å². The van der Waals surface area contributed by atoms with Gasteiger partial charge in [0.2, 0.25) is 0 Å². The van der Waals surface area contributed by atoms with Crippen LogP contribution in [0.3, 0.4) is 0 Å². The molecule has 3 heterocycles. The highest BCUT2D eigenvalue weighted by molar-refractivity contribution is 7.07. The molecule has 116 valence electrons. The molecule has 1 amide bonds. The van der Waals surface area contributed by atoms with E-state index in [0.717, 1.165) is 19.5 Å². The van der Waals surface area contributed by atoms with E-state index in [0.29, 0.717) is 17.2 Å². The molecule has 0 aliphatic carbocycles. The zero-order valence-corrected chi connectivity index (χ0v) is 13.9. The van der Waals surface area contributed by atoms with Gasteiger partial charge in [0.15, 0.2) is 0 Å². The molecule has 3 rings (SSSR count). The molecule has 0 saturated carbocycles. The van der Waals surface area contributed by atoms with E-state index in [1.807, 2.05) is 10.3 Å². The fourth-order valence-electron chi connectivity index (χ4n) is 3.78. The van der Waals surface area contributed by atoms with E-state index in [1.54, 1.807) is 5.51 Å². The molecule has 2 aliphatic heterocycles. The molecule has 4 nitrogen and oxygen atoms in total. The van der Waals surface area contributed by atoms with Crippen molar-refractivity contribution in [3.63, 3.8) is 0 Å². The van der Waals surface area contributed by atoms with Crippen LogP contribution in [-0.4, -0.2) is 52.9 Å². The zero-order valence-electron chi connectivity index (χ0n) is 13.0. The molecular weight excluding hydrogens is 282 g/mol. The largest absolute Gasteiger partial charge is 0.337 e. The highest BCUT2D eigenvalue weighted by atomic mass is 32.1. The standard InChI is InChI=1S/C16H25N3OS/c1-13(2)18-8-5-16(6-9-18)4-3-7-19(11-16)15(20)14-10-21-12-17-14/h10,12-13H,3-9,11H2,1-2H3. The Morgan fingerprint density at radius 1 is 1.29 bits per heavy atom. The maximum atomic E-state index is 12.5. The second-order valence-electron chi connectivity index (χ2n) is 6.83. The van der Waals surface area contributed by atoms with Gasteiger partial charge in [0, 0.05) is 24.5 Å². The van der Waals surface area contributed by atoms with Crippen molar-refractivity contribution in [3.05, 3.63) is 16.6 Å². The first-order valence-corrected chi connectivity index (χ1v) is 8.95. The molecule has 21 heavy (non-hydrogen) atoms. The van der Waals surface area contributed by atoms with Crippen molar-refractivity contribution in [2.75, 3.05) is 26.2 Å². The Morgan fingerprint density at radius 3 is 2.67 bits per heavy atom. The fourth-order valence-corrected chi connectivity index (χ4v) is 4.31. The Hall–Kier alpha value is -0.940. The van der Waals surface area contributed by atoms with Crippen LogP contribution in [0.5, 0.6) is 0 Å². The van der Waals surface area contributed by atoms with Crippen LogP contribution in [0.25, 0.3) is 0 Å². The molecule has 0 unspecified atom stereocenters. The highest BCUT2D eigenvalue weighted by Crippen LogP contribution is 2.40. The second kappa shape index (κ2) is 6.05. The number of amides is 1. The maximum Gasteiger partial charge on any atom is 0.273 e. The van der Waals surface area contributed by atoms with E-state index in [9.17, 15) is 4.79 Å². The zero-order chi connectivity index (χ0) is 14.9. The van der Waals surface area contributed by atoms with Crippen LogP contribution in [0, 0.1) is 5.41 Å². The molecule has 1 spiro atoms. The van der Waals surface area contributed by atoms with E-state index in [2.05, 4.69) is 23.7 Å². The summed E-state index contributed by atoms with van der Waals surface area (Å²) in [7, 11) is 0. The van der Waals surface area contributed by atoms with E-state index in [-0.39, 0.29) is 5.91 Å². The number of likely N-dealkylation sites (tertiary alicyclic amines) is 2. The molecule has 0 radical (unpaired) electrons. The van der Waals surface area contributed by atoms with Crippen molar-refractivity contribution in [3.8, 4) is 0 Å². The Morgan fingerprint density at radius 2 is 2.05 bits per heavy atom. The number of hydrogen-bond donors (Lipinski definition) is 0. The van der Waals surface area contributed by atoms with Crippen LogP contribution in [0.1, 0.15) is 50.0 Å². The fraction of sp³-hybridized carbons (Fsp3) is 0.750. The molecule has 1 aromatic heterocycles. The molecule has 2 saturated heterocycles. The average Bonchev–Trinajstić information content (AvgIpc) is 3.01. The number of hydrogen-bond acceptors (Lipinski definition) is 4. The van der Waals surface area contributed by atoms with Gasteiger partial charge in [-0.1, -0.05) is 0 Å². The van der Waals surface area contributed by atoms with Gasteiger partial charge in [-0.05, 0) is 58.0 Å². The molecule has 0 bridgehead atoms. The third kappa shape index (κ3) is 3.14. The number of piperidine rings is 2. The van der Waals surface area contributed by atoms with E-state index < -0.39 is 0 Å². The average molecular weight is 307 g/mol. The molecule has 2 fully saturated rings.